The van der Waals surface area contributed by atoms with E-state index in [-0.39, 0.29) is 22.5 Å². The molecule has 10 heteroatoms. The zero-order valence-electron chi connectivity index (χ0n) is 10.9. The smallest absolute Gasteiger partial charge is 0.340 e. The largest absolute Gasteiger partial charge is 0.478 e. The summed E-state index contributed by atoms with van der Waals surface area (Å²) in [5.41, 5.74) is -0.415. The first-order chi connectivity index (χ1) is 9.72. The first-order valence-electron chi connectivity index (χ1n) is 5.57. The van der Waals surface area contributed by atoms with Gasteiger partial charge in [0.15, 0.2) is 11.0 Å². The molecule has 2 heterocycles. The Morgan fingerprint density at radius 2 is 1.95 bits per heavy atom. The molecule has 2 rings (SSSR count). The van der Waals surface area contributed by atoms with Crippen molar-refractivity contribution in [1.29, 1.82) is 0 Å². The Morgan fingerprint density at radius 3 is 2.48 bits per heavy atom. The molecule has 0 saturated heterocycles. The third-order valence-corrected chi connectivity index (χ3v) is 4.27. The second-order valence-corrected chi connectivity index (χ2v) is 6.08. The van der Waals surface area contributed by atoms with E-state index in [9.17, 15) is 13.2 Å². The van der Waals surface area contributed by atoms with Crippen LogP contribution in [0.1, 0.15) is 21.9 Å². The van der Waals surface area contributed by atoms with Gasteiger partial charge >= 0.3 is 5.97 Å². The van der Waals surface area contributed by atoms with Crippen LogP contribution in [0.2, 0.25) is 5.15 Å². The Bertz CT molecular complexity index is 798. The van der Waals surface area contributed by atoms with E-state index < -0.39 is 26.5 Å². The number of sulfonamides is 1. The van der Waals surface area contributed by atoms with Crippen molar-refractivity contribution >= 4 is 33.4 Å². The highest BCUT2D eigenvalue weighted by Crippen LogP contribution is 2.28. The van der Waals surface area contributed by atoms with E-state index in [1.807, 2.05) is 0 Å². The van der Waals surface area contributed by atoms with Crippen molar-refractivity contribution in [3.63, 3.8) is 0 Å². The normalized spacial score (nSPS) is 11.4. The number of carbonyl (C=O) groups is 1. The number of hydrogen-bond acceptors (Lipinski definition) is 6. The van der Waals surface area contributed by atoms with E-state index in [0.29, 0.717) is 0 Å². The highest BCUT2D eigenvalue weighted by Gasteiger charge is 2.31. The minimum Gasteiger partial charge on any atom is -0.478 e. The number of rotatable bonds is 4. The van der Waals surface area contributed by atoms with E-state index >= 15 is 0 Å². The van der Waals surface area contributed by atoms with Crippen molar-refractivity contribution in [3.05, 3.63) is 34.4 Å². The molecule has 0 aliphatic rings. The van der Waals surface area contributed by atoms with Crippen LogP contribution in [-0.4, -0.2) is 29.7 Å². The molecule has 0 aromatic carbocycles. The van der Waals surface area contributed by atoms with Crippen molar-refractivity contribution in [3.8, 4) is 0 Å². The number of carboxylic acid groups (broad SMARTS) is 1. The molecule has 21 heavy (non-hydrogen) atoms. The van der Waals surface area contributed by atoms with Gasteiger partial charge in [-0.1, -0.05) is 11.6 Å². The first-order valence-corrected chi connectivity index (χ1v) is 7.44. The maximum atomic E-state index is 12.3. The second-order valence-electron chi connectivity index (χ2n) is 4.07. The van der Waals surface area contributed by atoms with Crippen LogP contribution in [0.3, 0.4) is 0 Å². The van der Waals surface area contributed by atoms with Gasteiger partial charge in [0, 0.05) is 0 Å². The van der Waals surface area contributed by atoms with Gasteiger partial charge < -0.3 is 9.52 Å². The highest BCUT2D eigenvalue weighted by atomic mass is 35.5. The van der Waals surface area contributed by atoms with Crippen molar-refractivity contribution in [2.75, 3.05) is 4.72 Å². The second kappa shape index (κ2) is 5.34. The zero-order valence-corrected chi connectivity index (χ0v) is 12.5. The van der Waals surface area contributed by atoms with Crippen LogP contribution in [0.25, 0.3) is 0 Å². The molecule has 0 saturated carbocycles. The van der Waals surface area contributed by atoms with E-state index in [1.165, 1.54) is 26.0 Å². The minimum atomic E-state index is -4.18. The summed E-state index contributed by atoms with van der Waals surface area (Å²) >= 11 is 5.55. The fourth-order valence-electron chi connectivity index (χ4n) is 1.79. The van der Waals surface area contributed by atoms with Crippen LogP contribution in [0.5, 0.6) is 0 Å². The molecule has 2 N–H and O–H groups in total. The van der Waals surface area contributed by atoms with Gasteiger partial charge in [-0.2, -0.15) is 0 Å². The standard InChI is InChI=1S/C11H10ClN3O5S/c1-5-9(11(16)17)10(6(2)20-5)21(18,19)15-8-4-3-7(12)13-14-8/h3-4H,1-2H3,(H,14,15)(H,16,17). The summed E-state index contributed by atoms with van der Waals surface area (Å²) in [5.74, 6) is -1.51. The van der Waals surface area contributed by atoms with E-state index in [2.05, 4.69) is 14.9 Å². The Balaban J connectivity index is 2.50. The molecule has 0 unspecified atom stereocenters. The zero-order chi connectivity index (χ0) is 15.8. The molecule has 0 atom stereocenters. The molecule has 112 valence electrons. The highest BCUT2D eigenvalue weighted by molar-refractivity contribution is 7.92. The number of carboxylic acids is 1. The summed E-state index contributed by atoms with van der Waals surface area (Å²) in [6.45, 7) is 2.74. The molecule has 0 aliphatic heterocycles. The van der Waals surface area contributed by atoms with Crippen LogP contribution < -0.4 is 4.72 Å². The molecule has 0 radical (unpaired) electrons. The lowest BCUT2D eigenvalue weighted by Crippen LogP contribution is -2.17. The minimum absolute atomic E-state index is 0.00238. The van der Waals surface area contributed by atoms with Crippen LogP contribution in [0, 0.1) is 13.8 Å². The Kier molecular flexibility index (Phi) is 3.88. The predicted octanol–water partition coefficient (Wildman–Crippen LogP) is 1.84. The lowest BCUT2D eigenvalue weighted by Gasteiger charge is -2.06. The van der Waals surface area contributed by atoms with Gasteiger partial charge in [-0.05, 0) is 26.0 Å². The maximum Gasteiger partial charge on any atom is 0.340 e. The number of hydrogen-bond donors (Lipinski definition) is 2. The summed E-state index contributed by atoms with van der Waals surface area (Å²) in [5, 5.41) is 16.3. The molecule has 0 bridgehead atoms. The number of aryl methyl sites for hydroxylation is 2. The van der Waals surface area contributed by atoms with Gasteiger partial charge in [0.05, 0.1) is 0 Å². The van der Waals surface area contributed by atoms with Crippen LogP contribution in [0.4, 0.5) is 5.82 Å². The number of furan rings is 1. The molecular weight excluding hydrogens is 322 g/mol. The molecule has 2 aromatic rings. The molecule has 0 spiro atoms. The summed E-state index contributed by atoms with van der Waals surface area (Å²) in [7, 11) is -4.18. The summed E-state index contributed by atoms with van der Waals surface area (Å²) in [6, 6.07) is 2.65. The lowest BCUT2D eigenvalue weighted by atomic mass is 10.2. The Morgan fingerprint density at radius 1 is 1.29 bits per heavy atom. The molecule has 8 nitrogen and oxygen atoms in total. The van der Waals surface area contributed by atoms with Gasteiger partial charge in [0.1, 0.15) is 22.0 Å². The average Bonchev–Trinajstić information content (AvgIpc) is 2.67. The van der Waals surface area contributed by atoms with Gasteiger partial charge in [0.2, 0.25) is 0 Å². The van der Waals surface area contributed by atoms with E-state index in [1.54, 1.807) is 0 Å². The fraction of sp³-hybridized carbons (Fsp3) is 0.182. The first kappa shape index (κ1) is 15.3. The van der Waals surface area contributed by atoms with Gasteiger partial charge in [0.25, 0.3) is 10.0 Å². The summed E-state index contributed by atoms with van der Waals surface area (Å²) in [6.07, 6.45) is 0. The number of nitrogens with zero attached hydrogens (tertiary/aromatic N) is 2. The van der Waals surface area contributed by atoms with Gasteiger partial charge in [-0.15, -0.1) is 10.2 Å². The number of aromatic nitrogens is 2. The Hall–Kier alpha value is -2.13. The molecule has 0 amide bonds. The molecule has 0 aliphatic carbocycles. The number of aromatic carboxylic acids is 1. The van der Waals surface area contributed by atoms with E-state index in [0.717, 1.165) is 0 Å². The molecule has 0 fully saturated rings. The monoisotopic (exact) mass is 331 g/mol. The number of nitrogens with one attached hydrogen (secondary N) is 1. The van der Waals surface area contributed by atoms with Crippen LogP contribution in [0.15, 0.2) is 21.4 Å². The third kappa shape index (κ3) is 2.98. The van der Waals surface area contributed by atoms with Crippen molar-refractivity contribution in [2.24, 2.45) is 0 Å². The summed E-state index contributed by atoms with van der Waals surface area (Å²) in [4.78, 5) is 10.8. The quantitative estimate of drug-likeness (QED) is 0.876. The number of anilines is 1. The topological polar surface area (TPSA) is 122 Å². The summed E-state index contributed by atoms with van der Waals surface area (Å²) < 4.78 is 31.8. The van der Waals surface area contributed by atoms with Crippen LogP contribution >= 0.6 is 11.6 Å². The predicted molar refractivity (Wildman–Crippen MR) is 73.0 cm³/mol. The Labute approximate surface area is 124 Å². The SMILES string of the molecule is Cc1oc(C)c(S(=O)(=O)Nc2ccc(Cl)nn2)c1C(=O)O. The molecule has 2 aromatic heterocycles. The third-order valence-electron chi connectivity index (χ3n) is 2.56. The van der Waals surface area contributed by atoms with Crippen LogP contribution in [-0.2, 0) is 10.0 Å². The van der Waals surface area contributed by atoms with Gasteiger partial charge in [-0.3, -0.25) is 4.72 Å². The fourth-order valence-corrected chi connectivity index (χ4v) is 3.30. The van der Waals surface area contributed by atoms with E-state index in [4.69, 9.17) is 21.1 Å². The average molecular weight is 332 g/mol. The number of halogens is 1. The maximum absolute atomic E-state index is 12.3. The van der Waals surface area contributed by atoms with Crippen molar-refractivity contribution in [2.45, 2.75) is 18.7 Å². The van der Waals surface area contributed by atoms with Gasteiger partial charge in [-0.25, -0.2) is 13.2 Å². The van der Waals surface area contributed by atoms with Crippen molar-refractivity contribution < 1.29 is 22.7 Å². The van der Waals surface area contributed by atoms with Crippen molar-refractivity contribution in [1.82, 2.24) is 10.2 Å². The lowest BCUT2D eigenvalue weighted by molar-refractivity contribution is 0.0691. The molecular formula is C11H10ClN3O5S.